The molecule has 0 saturated carbocycles. The van der Waals surface area contributed by atoms with E-state index in [0.717, 1.165) is 36.3 Å². The van der Waals surface area contributed by atoms with Crippen LogP contribution in [-0.2, 0) is 9.53 Å². The van der Waals surface area contributed by atoms with Crippen molar-refractivity contribution in [1.82, 2.24) is 4.98 Å². The maximum atomic E-state index is 12.1. The Hall–Kier alpha value is -1.49. The zero-order valence-electron chi connectivity index (χ0n) is 18.0. The van der Waals surface area contributed by atoms with E-state index in [2.05, 4.69) is 25.4 Å². The van der Waals surface area contributed by atoms with Gasteiger partial charge in [0, 0.05) is 11.4 Å². The van der Waals surface area contributed by atoms with Crippen molar-refractivity contribution in [3.05, 3.63) is 30.5 Å². The van der Waals surface area contributed by atoms with Crippen molar-refractivity contribution in [2.24, 2.45) is 5.92 Å². The number of hydrogen-bond acceptors (Lipinski definition) is 5. The van der Waals surface area contributed by atoms with Crippen LogP contribution in [0.5, 0.6) is 5.88 Å². The number of carbonyl (C=O) groups is 1. The molecule has 5 heteroatoms. The number of rotatable bonds is 15. The largest absolute Gasteiger partial charge is 0.474 e. The fraction of sp³-hybridized carbons (Fsp3) is 0.652. The molecule has 0 bridgehead atoms. The van der Waals surface area contributed by atoms with Gasteiger partial charge in [0.25, 0.3) is 0 Å². The predicted octanol–water partition coefficient (Wildman–Crippen LogP) is 6.37. The van der Waals surface area contributed by atoms with E-state index in [-0.39, 0.29) is 12.1 Å². The van der Waals surface area contributed by atoms with Gasteiger partial charge in [0.2, 0.25) is 5.88 Å². The topological polar surface area (TPSA) is 48.4 Å². The molecule has 4 nitrogen and oxygen atoms in total. The van der Waals surface area contributed by atoms with Crippen molar-refractivity contribution in [2.45, 2.75) is 83.6 Å². The van der Waals surface area contributed by atoms with Gasteiger partial charge in [0.15, 0.2) is 0 Å². The molecular formula is C23H37NO3S. The Labute approximate surface area is 175 Å². The fourth-order valence-corrected chi connectivity index (χ4v) is 3.61. The zero-order chi connectivity index (χ0) is 20.8. The minimum absolute atomic E-state index is 0.0747. The third-order valence-electron chi connectivity index (χ3n) is 4.64. The summed E-state index contributed by atoms with van der Waals surface area (Å²) in [5.41, 5.74) is 0.923. The molecule has 0 amide bonds. The van der Waals surface area contributed by atoms with Crippen molar-refractivity contribution in [3.8, 4) is 5.88 Å². The van der Waals surface area contributed by atoms with E-state index in [1.54, 1.807) is 11.8 Å². The molecule has 1 heterocycles. The molecule has 1 rings (SSSR count). The number of carbonyl (C=O) groups excluding carboxylic acids is 1. The van der Waals surface area contributed by atoms with Crippen LogP contribution in [0.3, 0.4) is 0 Å². The van der Waals surface area contributed by atoms with Gasteiger partial charge in [0.05, 0.1) is 24.0 Å². The molecule has 158 valence electrons. The van der Waals surface area contributed by atoms with Crippen molar-refractivity contribution >= 4 is 17.7 Å². The number of thioether (sulfide) groups is 1. The van der Waals surface area contributed by atoms with Gasteiger partial charge in [-0.2, -0.15) is 0 Å². The summed E-state index contributed by atoms with van der Waals surface area (Å²) in [4.78, 5) is 17.6. The number of aromatic nitrogens is 1. The van der Waals surface area contributed by atoms with Gasteiger partial charge >= 0.3 is 5.97 Å². The summed E-state index contributed by atoms with van der Waals surface area (Å²) in [5, 5.41) is 0. The first-order valence-corrected chi connectivity index (χ1v) is 11.5. The molecule has 28 heavy (non-hydrogen) atoms. The van der Waals surface area contributed by atoms with Crippen LogP contribution in [0.4, 0.5) is 0 Å². The van der Waals surface area contributed by atoms with Crippen LogP contribution in [0.15, 0.2) is 29.7 Å². The Kier molecular flexibility index (Phi) is 12.7. The zero-order valence-corrected chi connectivity index (χ0v) is 18.9. The molecule has 1 unspecified atom stereocenters. The number of ether oxygens (including phenoxy) is 2. The molecule has 0 saturated heterocycles. The number of aryl methyl sites for hydroxylation is 1. The quantitative estimate of drug-likeness (QED) is 0.192. The van der Waals surface area contributed by atoms with Gasteiger partial charge in [-0.1, -0.05) is 39.2 Å². The molecule has 0 aliphatic carbocycles. The molecule has 0 aliphatic heterocycles. The van der Waals surface area contributed by atoms with Crippen LogP contribution >= 0.6 is 11.8 Å². The second-order valence-electron chi connectivity index (χ2n) is 7.25. The smallest absolute Gasteiger partial charge is 0.306 e. The number of pyridine rings is 1. The summed E-state index contributed by atoms with van der Waals surface area (Å²) < 4.78 is 11.5. The number of hydrogen-bond donors (Lipinski definition) is 0. The Morgan fingerprint density at radius 1 is 1.32 bits per heavy atom. The van der Waals surface area contributed by atoms with Gasteiger partial charge in [0.1, 0.15) is 0 Å². The molecule has 0 radical (unpaired) electrons. The summed E-state index contributed by atoms with van der Waals surface area (Å²) in [5.74, 6) is 1.67. The molecule has 0 aromatic carbocycles. The van der Waals surface area contributed by atoms with Crippen molar-refractivity contribution < 1.29 is 14.3 Å². The maximum absolute atomic E-state index is 12.1. The highest BCUT2D eigenvalue weighted by Crippen LogP contribution is 2.29. The van der Waals surface area contributed by atoms with Gasteiger partial charge in [-0.05, 0) is 51.2 Å². The number of unbranched alkanes of at least 4 members (excludes halogenated alkanes) is 1. The second-order valence-corrected chi connectivity index (χ2v) is 8.39. The van der Waals surface area contributed by atoms with Gasteiger partial charge in [-0.3, -0.25) is 4.79 Å². The third kappa shape index (κ3) is 10.2. The van der Waals surface area contributed by atoms with E-state index in [4.69, 9.17) is 9.47 Å². The van der Waals surface area contributed by atoms with E-state index in [9.17, 15) is 4.79 Å². The molecule has 2 atom stereocenters. The highest BCUT2D eigenvalue weighted by atomic mass is 32.2. The minimum atomic E-state index is -0.121. The van der Waals surface area contributed by atoms with Crippen LogP contribution in [0.25, 0.3) is 0 Å². The highest BCUT2D eigenvalue weighted by molar-refractivity contribution is 7.99. The van der Waals surface area contributed by atoms with Crippen molar-refractivity contribution in [2.75, 3.05) is 12.4 Å². The first kappa shape index (κ1) is 24.5. The maximum Gasteiger partial charge on any atom is 0.306 e. The lowest BCUT2D eigenvalue weighted by molar-refractivity contribution is -0.144. The number of allylic oxidation sites excluding steroid dienone is 1. The van der Waals surface area contributed by atoms with E-state index < -0.39 is 0 Å². The van der Waals surface area contributed by atoms with Crippen LogP contribution in [0.1, 0.15) is 71.4 Å². The number of esters is 1. The summed E-state index contributed by atoms with van der Waals surface area (Å²) in [6.45, 7) is 12.6. The Bertz CT molecular complexity index is 591. The normalized spacial score (nSPS) is 13.0. The van der Waals surface area contributed by atoms with E-state index in [1.807, 2.05) is 32.1 Å². The first-order valence-electron chi connectivity index (χ1n) is 10.5. The average molecular weight is 408 g/mol. The van der Waals surface area contributed by atoms with E-state index in [1.165, 1.54) is 12.8 Å². The van der Waals surface area contributed by atoms with Gasteiger partial charge in [-0.15, -0.1) is 18.3 Å². The summed E-state index contributed by atoms with van der Waals surface area (Å²) >= 11 is 1.60. The molecule has 0 fully saturated rings. The first-order chi connectivity index (χ1) is 13.5. The standard InChI is InChI=1S/C23H37NO3S/c1-6-9-11-19(5)27-23-21(14-13-18(4)24-23)28-16-15-22(25)26-17-20(8-3)12-10-7-2/h6,13-14,19-20H,1,7-12,15-17H2,2-5H3/t19-,20?/m1/s1. The van der Waals surface area contributed by atoms with Crippen LogP contribution in [0.2, 0.25) is 0 Å². The molecule has 1 aromatic rings. The van der Waals surface area contributed by atoms with Gasteiger partial charge in [-0.25, -0.2) is 4.98 Å². The second kappa shape index (κ2) is 14.5. The van der Waals surface area contributed by atoms with Crippen molar-refractivity contribution in [3.63, 3.8) is 0 Å². The number of nitrogens with zero attached hydrogens (tertiary/aromatic N) is 1. The molecular weight excluding hydrogens is 370 g/mol. The third-order valence-corrected chi connectivity index (χ3v) is 5.67. The fourth-order valence-electron chi connectivity index (χ4n) is 2.74. The Morgan fingerprint density at radius 2 is 2.11 bits per heavy atom. The predicted molar refractivity (Wildman–Crippen MR) is 118 cm³/mol. The highest BCUT2D eigenvalue weighted by Gasteiger charge is 2.13. The Morgan fingerprint density at radius 3 is 2.79 bits per heavy atom. The van der Waals surface area contributed by atoms with Crippen LogP contribution in [-0.4, -0.2) is 29.4 Å². The molecule has 1 aromatic heterocycles. The van der Waals surface area contributed by atoms with Crippen molar-refractivity contribution in [1.29, 1.82) is 0 Å². The lowest BCUT2D eigenvalue weighted by Gasteiger charge is -2.16. The Balaban J connectivity index is 2.46. The molecule has 0 spiro atoms. The summed E-state index contributed by atoms with van der Waals surface area (Å²) in [7, 11) is 0. The lowest BCUT2D eigenvalue weighted by atomic mass is 10.0. The molecule has 0 aliphatic rings. The lowest BCUT2D eigenvalue weighted by Crippen LogP contribution is -2.14. The SMILES string of the molecule is C=CCC[C@@H](C)Oc1nc(C)ccc1SCCC(=O)OCC(CC)CCCC. The minimum Gasteiger partial charge on any atom is -0.474 e. The summed E-state index contributed by atoms with van der Waals surface area (Å²) in [6.07, 6.45) is 8.76. The van der Waals surface area contributed by atoms with Gasteiger partial charge < -0.3 is 9.47 Å². The van der Waals surface area contributed by atoms with E-state index in [0.29, 0.717) is 30.6 Å². The van der Waals surface area contributed by atoms with E-state index >= 15 is 0 Å². The summed E-state index contributed by atoms with van der Waals surface area (Å²) in [6, 6.07) is 3.99. The van der Waals surface area contributed by atoms with Crippen LogP contribution < -0.4 is 4.74 Å². The average Bonchev–Trinajstić information content (AvgIpc) is 2.68. The van der Waals surface area contributed by atoms with Crippen LogP contribution in [0, 0.1) is 12.8 Å². The molecule has 0 N–H and O–H groups in total. The monoisotopic (exact) mass is 407 g/mol.